The van der Waals surface area contributed by atoms with Gasteiger partial charge in [-0.15, -0.1) is 0 Å². The molecule has 1 atom stereocenters. The van der Waals surface area contributed by atoms with Gasteiger partial charge in [0, 0.05) is 19.2 Å². The number of nitrogens with zero attached hydrogens (tertiary/aromatic N) is 1. The van der Waals surface area contributed by atoms with Crippen molar-refractivity contribution in [3.05, 3.63) is 24.0 Å². The number of rotatable bonds is 4. The molecule has 1 aliphatic rings. The molecule has 1 aliphatic heterocycles. The molecule has 1 saturated heterocycles. The van der Waals surface area contributed by atoms with Crippen LogP contribution in [0.4, 0.5) is 14.9 Å². The molecule has 6 nitrogen and oxygen atoms in total. The second kappa shape index (κ2) is 7.30. The van der Waals surface area contributed by atoms with Crippen LogP contribution in [0, 0.1) is 11.7 Å². The van der Waals surface area contributed by atoms with Crippen LogP contribution in [0.2, 0.25) is 0 Å². The largest absolute Gasteiger partial charge is 0.491 e. The molecule has 3 N–H and O–H groups in total. The van der Waals surface area contributed by atoms with E-state index in [-0.39, 0.29) is 24.3 Å². The van der Waals surface area contributed by atoms with E-state index < -0.39 is 17.8 Å². The Morgan fingerprint density at radius 1 is 1.43 bits per heavy atom. The number of amides is 3. The Balaban J connectivity index is 2.01. The Hall–Kier alpha value is -2.31. The van der Waals surface area contributed by atoms with Crippen molar-refractivity contribution in [1.82, 2.24) is 4.90 Å². The first-order valence-electron chi connectivity index (χ1n) is 7.68. The number of piperidine rings is 1. The Morgan fingerprint density at radius 2 is 2.17 bits per heavy atom. The van der Waals surface area contributed by atoms with Crippen LogP contribution >= 0.6 is 0 Å². The summed E-state index contributed by atoms with van der Waals surface area (Å²) in [6.45, 7) is 4.47. The zero-order valence-corrected chi connectivity index (χ0v) is 13.3. The van der Waals surface area contributed by atoms with Crippen molar-refractivity contribution in [3.63, 3.8) is 0 Å². The number of hydrogen-bond donors (Lipinski definition) is 2. The van der Waals surface area contributed by atoms with Gasteiger partial charge in [-0.3, -0.25) is 4.79 Å². The van der Waals surface area contributed by atoms with Gasteiger partial charge in [0.25, 0.3) is 0 Å². The van der Waals surface area contributed by atoms with Crippen LogP contribution in [0.3, 0.4) is 0 Å². The molecule has 3 amide bonds. The van der Waals surface area contributed by atoms with E-state index in [4.69, 9.17) is 10.5 Å². The van der Waals surface area contributed by atoms with Crippen molar-refractivity contribution >= 4 is 17.6 Å². The van der Waals surface area contributed by atoms with Gasteiger partial charge >= 0.3 is 6.03 Å². The lowest BCUT2D eigenvalue weighted by Gasteiger charge is -2.31. The Morgan fingerprint density at radius 3 is 2.78 bits per heavy atom. The molecule has 0 spiro atoms. The molecule has 0 radical (unpaired) electrons. The molecule has 1 aromatic rings. The van der Waals surface area contributed by atoms with Crippen LogP contribution in [-0.4, -0.2) is 36.0 Å². The molecule has 0 bridgehead atoms. The number of likely N-dealkylation sites (tertiary alicyclic amines) is 1. The van der Waals surface area contributed by atoms with E-state index >= 15 is 0 Å². The summed E-state index contributed by atoms with van der Waals surface area (Å²) in [6.07, 6.45) is 1.31. The van der Waals surface area contributed by atoms with Gasteiger partial charge in [-0.25, -0.2) is 9.18 Å². The minimum atomic E-state index is -0.569. The molecule has 7 heteroatoms. The number of hydrogen-bond acceptors (Lipinski definition) is 3. The highest BCUT2D eigenvalue weighted by Crippen LogP contribution is 2.23. The van der Waals surface area contributed by atoms with Crippen molar-refractivity contribution in [2.75, 3.05) is 18.4 Å². The van der Waals surface area contributed by atoms with Crippen LogP contribution in [0.1, 0.15) is 26.7 Å². The fraction of sp³-hybridized carbons (Fsp3) is 0.500. The average Bonchev–Trinajstić information content (AvgIpc) is 2.49. The lowest BCUT2D eigenvalue weighted by Crippen LogP contribution is -2.45. The third kappa shape index (κ3) is 4.58. The SMILES string of the molecule is CC(C)Oc1ccc(NC(=O)N2CCC[C@@H](C(N)=O)C2)c(F)c1. The number of halogens is 1. The highest BCUT2D eigenvalue weighted by atomic mass is 19.1. The first kappa shape index (κ1) is 17.1. The molecular formula is C16H22FN3O3. The van der Waals surface area contributed by atoms with Crippen molar-refractivity contribution in [3.8, 4) is 5.75 Å². The third-order valence-corrected chi connectivity index (χ3v) is 3.66. The Bertz CT molecular complexity index is 592. The standard InChI is InChI=1S/C16H22FN3O3/c1-10(2)23-12-5-6-14(13(17)8-12)19-16(22)20-7-3-4-11(9-20)15(18)21/h5-6,8,10-11H,3-4,7,9H2,1-2H3,(H2,18,21)(H,19,22)/t11-/m1/s1. The van der Waals surface area contributed by atoms with Crippen molar-refractivity contribution in [1.29, 1.82) is 0 Å². The average molecular weight is 323 g/mol. The van der Waals surface area contributed by atoms with Gasteiger partial charge in [0.05, 0.1) is 17.7 Å². The summed E-state index contributed by atoms with van der Waals surface area (Å²) in [5.41, 5.74) is 5.37. The zero-order valence-electron chi connectivity index (χ0n) is 13.3. The number of anilines is 1. The van der Waals surface area contributed by atoms with Crippen LogP contribution in [0.5, 0.6) is 5.75 Å². The van der Waals surface area contributed by atoms with Crippen LogP contribution in [0.25, 0.3) is 0 Å². The number of carbonyl (C=O) groups is 2. The molecule has 23 heavy (non-hydrogen) atoms. The highest BCUT2D eigenvalue weighted by Gasteiger charge is 2.27. The third-order valence-electron chi connectivity index (χ3n) is 3.66. The lowest BCUT2D eigenvalue weighted by atomic mass is 9.98. The fourth-order valence-corrected chi connectivity index (χ4v) is 2.53. The predicted molar refractivity (Wildman–Crippen MR) is 84.7 cm³/mol. The van der Waals surface area contributed by atoms with Crippen LogP contribution in [0.15, 0.2) is 18.2 Å². The van der Waals surface area contributed by atoms with Gasteiger partial charge in [0.1, 0.15) is 11.6 Å². The number of benzene rings is 1. The number of ether oxygens (including phenoxy) is 1. The van der Waals surface area contributed by atoms with Gasteiger partial charge in [-0.2, -0.15) is 0 Å². The van der Waals surface area contributed by atoms with E-state index in [0.717, 1.165) is 0 Å². The van der Waals surface area contributed by atoms with E-state index in [1.807, 2.05) is 13.8 Å². The molecule has 0 unspecified atom stereocenters. The summed E-state index contributed by atoms with van der Waals surface area (Å²) >= 11 is 0. The van der Waals surface area contributed by atoms with Crippen molar-refractivity contribution in [2.45, 2.75) is 32.8 Å². The summed E-state index contributed by atoms with van der Waals surface area (Å²) in [7, 11) is 0. The maximum absolute atomic E-state index is 14.0. The number of nitrogens with one attached hydrogen (secondary N) is 1. The van der Waals surface area contributed by atoms with E-state index in [1.165, 1.54) is 17.0 Å². The number of primary amides is 1. The van der Waals surface area contributed by atoms with Gasteiger partial charge < -0.3 is 20.7 Å². The fourth-order valence-electron chi connectivity index (χ4n) is 2.53. The minimum Gasteiger partial charge on any atom is -0.491 e. The molecule has 1 heterocycles. The van der Waals surface area contributed by atoms with Gasteiger partial charge in [-0.05, 0) is 38.8 Å². The van der Waals surface area contributed by atoms with Crippen LogP contribution < -0.4 is 15.8 Å². The summed E-state index contributed by atoms with van der Waals surface area (Å²) in [4.78, 5) is 24.9. The second-order valence-corrected chi connectivity index (χ2v) is 5.93. The quantitative estimate of drug-likeness (QED) is 0.892. The second-order valence-electron chi connectivity index (χ2n) is 5.93. The first-order valence-corrected chi connectivity index (χ1v) is 7.68. The number of urea groups is 1. The molecule has 0 saturated carbocycles. The molecule has 1 aromatic carbocycles. The Kier molecular flexibility index (Phi) is 5.41. The maximum Gasteiger partial charge on any atom is 0.321 e. The topological polar surface area (TPSA) is 84.7 Å². The maximum atomic E-state index is 14.0. The normalized spacial score (nSPS) is 17.9. The van der Waals surface area contributed by atoms with E-state index in [1.54, 1.807) is 6.07 Å². The molecule has 0 aromatic heterocycles. The lowest BCUT2D eigenvalue weighted by molar-refractivity contribution is -0.123. The summed E-state index contributed by atoms with van der Waals surface area (Å²) in [6, 6.07) is 3.85. The highest BCUT2D eigenvalue weighted by molar-refractivity contribution is 5.90. The first-order chi connectivity index (χ1) is 10.9. The summed E-state index contributed by atoms with van der Waals surface area (Å²) in [5, 5.41) is 2.52. The predicted octanol–water partition coefficient (Wildman–Crippen LogP) is 2.34. The van der Waals surface area contributed by atoms with Crippen molar-refractivity contribution in [2.24, 2.45) is 11.7 Å². The molecule has 1 fully saturated rings. The zero-order chi connectivity index (χ0) is 17.0. The van der Waals surface area contributed by atoms with E-state index in [9.17, 15) is 14.0 Å². The Labute approximate surface area is 134 Å². The van der Waals surface area contributed by atoms with E-state index in [0.29, 0.717) is 25.1 Å². The summed E-state index contributed by atoms with van der Waals surface area (Å²) < 4.78 is 19.4. The minimum absolute atomic E-state index is 0.0612. The smallest absolute Gasteiger partial charge is 0.321 e. The van der Waals surface area contributed by atoms with Gasteiger partial charge in [0.15, 0.2) is 0 Å². The van der Waals surface area contributed by atoms with Crippen molar-refractivity contribution < 1.29 is 18.7 Å². The molecule has 2 rings (SSSR count). The number of carbonyl (C=O) groups excluding carboxylic acids is 2. The summed E-state index contributed by atoms with van der Waals surface area (Å²) in [5.74, 6) is -0.924. The molecular weight excluding hydrogens is 301 g/mol. The van der Waals surface area contributed by atoms with E-state index in [2.05, 4.69) is 5.32 Å². The van der Waals surface area contributed by atoms with Crippen LogP contribution in [-0.2, 0) is 4.79 Å². The molecule has 0 aliphatic carbocycles. The number of nitrogens with two attached hydrogens (primary N) is 1. The van der Waals surface area contributed by atoms with Gasteiger partial charge in [0.2, 0.25) is 5.91 Å². The van der Waals surface area contributed by atoms with Gasteiger partial charge in [-0.1, -0.05) is 0 Å². The monoisotopic (exact) mass is 323 g/mol. The molecule has 126 valence electrons.